The van der Waals surface area contributed by atoms with E-state index in [1.54, 1.807) is 0 Å². The molecule has 0 aromatic rings. The maximum absolute atomic E-state index is 12.2. The zero-order chi connectivity index (χ0) is 12.9. The van der Waals surface area contributed by atoms with Crippen molar-refractivity contribution in [3.05, 3.63) is 0 Å². The van der Waals surface area contributed by atoms with Crippen molar-refractivity contribution in [3.8, 4) is 0 Å². The van der Waals surface area contributed by atoms with Crippen LogP contribution in [0, 0.1) is 11.8 Å². The molecule has 1 fully saturated rings. The summed E-state index contributed by atoms with van der Waals surface area (Å²) in [5.41, 5.74) is -0.495. The fraction of sp³-hybridized carbons (Fsp3) is 0.923. The molecular weight excluding hydrogens is 216 g/mol. The molecule has 0 spiro atoms. The van der Waals surface area contributed by atoms with Gasteiger partial charge in [0.15, 0.2) is 0 Å². The monoisotopic (exact) mass is 242 g/mol. The Morgan fingerprint density at radius 2 is 2.29 bits per heavy atom. The average Bonchev–Trinajstić information content (AvgIpc) is 2.28. The maximum Gasteiger partial charge on any atom is 0.326 e. The van der Waals surface area contributed by atoms with Gasteiger partial charge in [0.25, 0.3) is 0 Å². The standard InChI is InChI=1S/C13H26N2O2/c1-5-17-12(16)13(15-8-10(2)3)6-7-14-9-11(13)4/h10-11,14-15H,5-9H2,1-4H3. The fourth-order valence-electron chi connectivity index (χ4n) is 2.31. The largest absolute Gasteiger partial charge is 0.465 e. The van der Waals surface area contributed by atoms with Crippen molar-refractivity contribution in [1.29, 1.82) is 0 Å². The first-order valence-corrected chi connectivity index (χ1v) is 6.66. The molecule has 0 saturated carbocycles. The summed E-state index contributed by atoms with van der Waals surface area (Å²) >= 11 is 0. The number of rotatable bonds is 5. The summed E-state index contributed by atoms with van der Waals surface area (Å²) in [5, 5.41) is 6.78. The van der Waals surface area contributed by atoms with Gasteiger partial charge < -0.3 is 15.4 Å². The van der Waals surface area contributed by atoms with E-state index in [0.717, 1.165) is 26.1 Å². The Kier molecular flexibility index (Phi) is 5.40. The van der Waals surface area contributed by atoms with E-state index in [1.807, 2.05) is 6.92 Å². The third-order valence-corrected chi connectivity index (χ3v) is 3.45. The Bertz CT molecular complexity index is 256. The van der Waals surface area contributed by atoms with Crippen LogP contribution in [0.2, 0.25) is 0 Å². The first-order chi connectivity index (χ1) is 8.03. The van der Waals surface area contributed by atoms with E-state index in [-0.39, 0.29) is 11.9 Å². The van der Waals surface area contributed by atoms with Gasteiger partial charge in [-0.25, -0.2) is 0 Å². The van der Waals surface area contributed by atoms with Gasteiger partial charge >= 0.3 is 5.97 Å². The minimum absolute atomic E-state index is 0.0883. The van der Waals surface area contributed by atoms with Crippen molar-refractivity contribution >= 4 is 5.97 Å². The number of ether oxygens (including phenoxy) is 1. The molecule has 2 atom stereocenters. The Balaban J connectivity index is 2.78. The smallest absolute Gasteiger partial charge is 0.326 e. The van der Waals surface area contributed by atoms with E-state index >= 15 is 0 Å². The third-order valence-electron chi connectivity index (χ3n) is 3.45. The lowest BCUT2D eigenvalue weighted by atomic mass is 9.79. The molecule has 100 valence electrons. The number of hydrogen-bond donors (Lipinski definition) is 2. The minimum atomic E-state index is -0.495. The van der Waals surface area contributed by atoms with Crippen LogP contribution in [0.5, 0.6) is 0 Å². The van der Waals surface area contributed by atoms with Crippen LogP contribution >= 0.6 is 0 Å². The molecule has 2 N–H and O–H groups in total. The van der Waals surface area contributed by atoms with Crippen LogP contribution in [0.25, 0.3) is 0 Å². The molecule has 1 aliphatic heterocycles. The van der Waals surface area contributed by atoms with Gasteiger partial charge in [-0.3, -0.25) is 4.79 Å². The molecule has 4 heteroatoms. The van der Waals surface area contributed by atoms with Crippen LogP contribution < -0.4 is 10.6 Å². The van der Waals surface area contributed by atoms with Gasteiger partial charge in [-0.05, 0) is 38.3 Å². The summed E-state index contributed by atoms with van der Waals surface area (Å²) in [6.07, 6.45) is 0.805. The molecule has 1 saturated heterocycles. The predicted octanol–water partition coefficient (Wildman–Crippen LogP) is 1.16. The van der Waals surface area contributed by atoms with E-state index in [9.17, 15) is 4.79 Å². The topological polar surface area (TPSA) is 50.4 Å². The number of hydrogen-bond acceptors (Lipinski definition) is 4. The zero-order valence-corrected chi connectivity index (χ0v) is 11.5. The zero-order valence-electron chi connectivity index (χ0n) is 11.5. The molecule has 1 aliphatic rings. The Morgan fingerprint density at radius 3 is 2.82 bits per heavy atom. The lowest BCUT2D eigenvalue weighted by Crippen LogP contribution is -2.63. The SMILES string of the molecule is CCOC(=O)C1(NCC(C)C)CCNCC1C. The lowest BCUT2D eigenvalue weighted by molar-refractivity contribution is -0.155. The van der Waals surface area contributed by atoms with Gasteiger partial charge in [0.1, 0.15) is 5.54 Å². The molecular formula is C13H26N2O2. The van der Waals surface area contributed by atoms with Gasteiger partial charge in [0.2, 0.25) is 0 Å². The molecule has 0 radical (unpaired) electrons. The fourth-order valence-corrected chi connectivity index (χ4v) is 2.31. The normalized spacial score (nSPS) is 29.4. The third kappa shape index (κ3) is 3.42. The first kappa shape index (κ1) is 14.5. The first-order valence-electron chi connectivity index (χ1n) is 6.66. The summed E-state index contributed by atoms with van der Waals surface area (Å²) < 4.78 is 5.26. The van der Waals surface area contributed by atoms with Gasteiger partial charge in [-0.15, -0.1) is 0 Å². The van der Waals surface area contributed by atoms with E-state index < -0.39 is 5.54 Å². The molecule has 2 unspecified atom stereocenters. The van der Waals surface area contributed by atoms with Crippen molar-refractivity contribution in [3.63, 3.8) is 0 Å². The summed E-state index contributed by atoms with van der Waals surface area (Å²) in [5.74, 6) is 0.701. The quantitative estimate of drug-likeness (QED) is 0.710. The molecule has 0 aromatic carbocycles. The second-order valence-electron chi connectivity index (χ2n) is 5.32. The molecule has 0 aliphatic carbocycles. The highest BCUT2D eigenvalue weighted by atomic mass is 16.5. The average molecular weight is 242 g/mol. The minimum Gasteiger partial charge on any atom is -0.465 e. The van der Waals surface area contributed by atoms with Crippen LogP contribution in [0.1, 0.15) is 34.1 Å². The summed E-state index contributed by atoms with van der Waals surface area (Å²) in [7, 11) is 0. The van der Waals surface area contributed by atoms with Crippen LogP contribution in [0.3, 0.4) is 0 Å². The van der Waals surface area contributed by atoms with Crippen molar-refractivity contribution in [2.75, 3.05) is 26.2 Å². The van der Waals surface area contributed by atoms with Crippen LogP contribution in [-0.2, 0) is 9.53 Å². The molecule has 1 rings (SSSR count). The van der Waals surface area contributed by atoms with E-state index in [1.165, 1.54) is 0 Å². The summed E-state index contributed by atoms with van der Waals surface area (Å²) in [6.45, 7) is 11.3. The van der Waals surface area contributed by atoms with Gasteiger partial charge in [0, 0.05) is 6.54 Å². The van der Waals surface area contributed by atoms with E-state index in [2.05, 4.69) is 31.4 Å². The highest BCUT2D eigenvalue weighted by Crippen LogP contribution is 2.26. The Morgan fingerprint density at radius 1 is 1.59 bits per heavy atom. The lowest BCUT2D eigenvalue weighted by Gasteiger charge is -2.41. The van der Waals surface area contributed by atoms with Crippen LogP contribution in [-0.4, -0.2) is 37.7 Å². The van der Waals surface area contributed by atoms with E-state index in [4.69, 9.17) is 4.74 Å². The van der Waals surface area contributed by atoms with Crippen molar-refractivity contribution in [2.45, 2.75) is 39.7 Å². The highest BCUT2D eigenvalue weighted by molar-refractivity contribution is 5.81. The van der Waals surface area contributed by atoms with Gasteiger partial charge in [-0.2, -0.15) is 0 Å². The molecule has 0 aromatic heterocycles. The number of carbonyl (C=O) groups is 1. The molecule has 0 bridgehead atoms. The van der Waals surface area contributed by atoms with Crippen molar-refractivity contribution in [2.24, 2.45) is 11.8 Å². The maximum atomic E-state index is 12.2. The molecule has 17 heavy (non-hydrogen) atoms. The Labute approximate surface area is 104 Å². The number of esters is 1. The van der Waals surface area contributed by atoms with Crippen LogP contribution in [0.15, 0.2) is 0 Å². The summed E-state index contributed by atoms with van der Waals surface area (Å²) in [4.78, 5) is 12.2. The van der Waals surface area contributed by atoms with Crippen LogP contribution in [0.4, 0.5) is 0 Å². The number of nitrogens with one attached hydrogen (secondary N) is 2. The highest BCUT2D eigenvalue weighted by Gasteiger charge is 2.45. The molecule has 4 nitrogen and oxygen atoms in total. The molecule has 1 heterocycles. The molecule has 0 amide bonds. The number of carbonyl (C=O) groups excluding carboxylic acids is 1. The Hall–Kier alpha value is -0.610. The second-order valence-corrected chi connectivity index (χ2v) is 5.32. The van der Waals surface area contributed by atoms with Gasteiger partial charge in [0.05, 0.1) is 6.61 Å². The van der Waals surface area contributed by atoms with E-state index in [0.29, 0.717) is 12.5 Å². The van der Waals surface area contributed by atoms with Crippen molar-refractivity contribution < 1.29 is 9.53 Å². The number of piperidine rings is 1. The van der Waals surface area contributed by atoms with Crippen molar-refractivity contribution in [1.82, 2.24) is 10.6 Å². The predicted molar refractivity (Wildman–Crippen MR) is 68.9 cm³/mol. The summed E-state index contributed by atoms with van der Waals surface area (Å²) in [6, 6.07) is 0. The van der Waals surface area contributed by atoms with Gasteiger partial charge in [-0.1, -0.05) is 20.8 Å². The second kappa shape index (κ2) is 6.36.